The van der Waals surface area contributed by atoms with E-state index in [0.29, 0.717) is 11.4 Å². The summed E-state index contributed by atoms with van der Waals surface area (Å²) in [5.74, 6) is -0.541. The Morgan fingerprint density at radius 2 is 1.83 bits per heavy atom. The molecule has 0 aliphatic heterocycles. The Morgan fingerprint density at radius 3 is 2.56 bits per heavy atom. The van der Waals surface area contributed by atoms with E-state index in [1.807, 2.05) is 0 Å². The van der Waals surface area contributed by atoms with Crippen LogP contribution in [0.1, 0.15) is 5.56 Å². The molecule has 2 rings (SSSR count). The minimum atomic E-state index is -0.280. The van der Waals surface area contributed by atoms with Crippen molar-refractivity contribution in [2.45, 2.75) is 16.3 Å². The average molecular weight is 265 g/mol. The molecule has 4 heteroatoms. The zero-order valence-corrected chi connectivity index (χ0v) is 10.7. The van der Waals surface area contributed by atoms with Crippen molar-refractivity contribution in [3.63, 3.8) is 0 Å². The molecule has 0 aliphatic carbocycles. The van der Waals surface area contributed by atoms with Crippen molar-refractivity contribution in [1.29, 1.82) is 0 Å². The highest BCUT2D eigenvalue weighted by Gasteiger charge is 2.08. The third-order valence-corrected chi connectivity index (χ3v) is 3.62. The van der Waals surface area contributed by atoms with Crippen molar-refractivity contribution >= 4 is 11.8 Å². The third kappa shape index (κ3) is 3.09. The van der Waals surface area contributed by atoms with E-state index in [9.17, 15) is 8.78 Å². The van der Waals surface area contributed by atoms with Crippen molar-refractivity contribution in [3.8, 4) is 0 Å². The summed E-state index contributed by atoms with van der Waals surface area (Å²) in [6.07, 6.45) is 0. The van der Waals surface area contributed by atoms with Gasteiger partial charge in [0.1, 0.15) is 11.6 Å². The Balaban J connectivity index is 2.31. The Bertz CT molecular complexity index is 543. The van der Waals surface area contributed by atoms with Crippen LogP contribution in [0, 0.1) is 11.6 Å². The lowest BCUT2D eigenvalue weighted by atomic mass is 10.2. The van der Waals surface area contributed by atoms with Crippen LogP contribution in [-0.2, 0) is 6.54 Å². The quantitative estimate of drug-likeness (QED) is 0.901. The Hall–Kier alpha value is -1.39. The van der Waals surface area contributed by atoms with Gasteiger partial charge in [0.15, 0.2) is 0 Å². The molecule has 1 N–H and O–H groups in total. The summed E-state index contributed by atoms with van der Waals surface area (Å²) >= 11 is 1.31. The highest BCUT2D eigenvalue weighted by atomic mass is 32.2. The second-order valence-corrected chi connectivity index (χ2v) is 4.90. The van der Waals surface area contributed by atoms with Gasteiger partial charge >= 0.3 is 0 Å². The minimum absolute atomic E-state index is 0.262. The van der Waals surface area contributed by atoms with Crippen LogP contribution in [0.3, 0.4) is 0 Å². The molecule has 1 nitrogen and oxygen atoms in total. The number of rotatable bonds is 4. The summed E-state index contributed by atoms with van der Waals surface area (Å²) in [7, 11) is 1.79. The Labute approximate surface area is 109 Å². The van der Waals surface area contributed by atoms with E-state index >= 15 is 0 Å². The van der Waals surface area contributed by atoms with Gasteiger partial charge in [0, 0.05) is 16.3 Å². The van der Waals surface area contributed by atoms with E-state index in [1.54, 1.807) is 31.3 Å². The van der Waals surface area contributed by atoms with Crippen molar-refractivity contribution in [2.24, 2.45) is 0 Å². The molecule has 0 bridgehead atoms. The summed E-state index contributed by atoms with van der Waals surface area (Å²) in [6, 6.07) is 11.1. The van der Waals surface area contributed by atoms with Crippen molar-refractivity contribution in [3.05, 3.63) is 59.7 Å². The smallest absolute Gasteiger partial charge is 0.137 e. The number of halogens is 2. The van der Waals surface area contributed by atoms with Gasteiger partial charge in [0.25, 0.3) is 0 Å². The first-order chi connectivity index (χ1) is 8.70. The van der Waals surface area contributed by atoms with E-state index in [0.717, 1.165) is 10.5 Å². The van der Waals surface area contributed by atoms with Crippen molar-refractivity contribution in [2.75, 3.05) is 7.05 Å². The van der Waals surface area contributed by atoms with Gasteiger partial charge < -0.3 is 5.32 Å². The van der Waals surface area contributed by atoms with E-state index in [-0.39, 0.29) is 11.6 Å². The monoisotopic (exact) mass is 265 g/mol. The summed E-state index contributed by atoms with van der Waals surface area (Å²) in [5, 5.41) is 2.98. The molecule has 0 spiro atoms. The molecule has 94 valence electrons. The van der Waals surface area contributed by atoms with Crippen molar-refractivity contribution in [1.82, 2.24) is 5.32 Å². The first-order valence-electron chi connectivity index (χ1n) is 5.56. The molecule has 0 radical (unpaired) electrons. The van der Waals surface area contributed by atoms with Crippen LogP contribution in [0.25, 0.3) is 0 Å². The molecule has 0 aliphatic rings. The maximum absolute atomic E-state index is 13.6. The van der Waals surface area contributed by atoms with Gasteiger partial charge in [-0.3, -0.25) is 0 Å². The highest BCUT2D eigenvalue weighted by Crippen LogP contribution is 2.32. The van der Waals surface area contributed by atoms with Gasteiger partial charge in [-0.1, -0.05) is 23.9 Å². The third-order valence-electron chi connectivity index (χ3n) is 2.45. The van der Waals surface area contributed by atoms with Gasteiger partial charge in [-0.2, -0.15) is 0 Å². The summed E-state index contributed by atoms with van der Waals surface area (Å²) in [4.78, 5) is 1.40. The molecule has 0 fully saturated rings. The first-order valence-corrected chi connectivity index (χ1v) is 6.38. The maximum atomic E-state index is 13.6. The molecule has 0 saturated carbocycles. The van der Waals surface area contributed by atoms with E-state index in [2.05, 4.69) is 5.32 Å². The second-order valence-electron chi connectivity index (χ2n) is 3.81. The maximum Gasteiger partial charge on any atom is 0.137 e. The number of benzene rings is 2. The summed E-state index contributed by atoms with van der Waals surface area (Å²) < 4.78 is 26.7. The van der Waals surface area contributed by atoms with Crippen LogP contribution in [0.5, 0.6) is 0 Å². The normalized spacial score (nSPS) is 10.6. The van der Waals surface area contributed by atoms with Crippen LogP contribution >= 0.6 is 11.8 Å². The van der Waals surface area contributed by atoms with Crippen molar-refractivity contribution < 1.29 is 8.78 Å². The van der Waals surface area contributed by atoms with Gasteiger partial charge in [0.05, 0.1) is 0 Å². The lowest BCUT2D eigenvalue weighted by Gasteiger charge is -2.09. The number of hydrogen-bond donors (Lipinski definition) is 1. The Morgan fingerprint density at radius 1 is 1.06 bits per heavy atom. The fourth-order valence-corrected chi connectivity index (χ4v) is 2.57. The average Bonchev–Trinajstić information content (AvgIpc) is 2.35. The summed E-state index contributed by atoms with van der Waals surface area (Å²) in [5.41, 5.74) is 0.825. The van der Waals surface area contributed by atoms with Crippen LogP contribution in [0.15, 0.2) is 52.3 Å². The van der Waals surface area contributed by atoms with Gasteiger partial charge in [-0.05, 0) is 42.9 Å². The van der Waals surface area contributed by atoms with Gasteiger partial charge in [-0.25, -0.2) is 8.78 Å². The molecule has 0 unspecified atom stereocenters. The highest BCUT2D eigenvalue weighted by molar-refractivity contribution is 7.99. The fraction of sp³-hybridized carbons (Fsp3) is 0.143. The largest absolute Gasteiger partial charge is 0.316 e. The molecule has 0 heterocycles. The number of hydrogen-bond acceptors (Lipinski definition) is 2. The van der Waals surface area contributed by atoms with Crippen LogP contribution < -0.4 is 5.32 Å². The fourth-order valence-electron chi connectivity index (χ4n) is 1.62. The van der Waals surface area contributed by atoms with Gasteiger partial charge in [-0.15, -0.1) is 0 Å². The SMILES string of the molecule is CNCc1cc(F)ccc1Sc1ccccc1F. The first kappa shape index (κ1) is 13.1. The minimum Gasteiger partial charge on any atom is -0.316 e. The predicted octanol–water partition coefficient (Wildman–Crippen LogP) is 3.84. The molecule has 2 aromatic carbocycles. The van der Waals surface area contributed by atoms with Gasteiger partial charge in [0.2, 0.25) is 0 Å². The van der Waals surface area contributed by atoms with Crippen LogP contribution in [-0.4, -0.2) is 7.05 Å². The number of nitrogens with one attached hydrogen (secondary N) is 1. The molecule has 2 aromatic rings. The molecule has 0 saturated heterocycles. The molecule has 0 aromatic heterocycles. The van der Waals surface area contributed by atoms with Crippen LogP contribution in [0.2, 0.25) is 0 Å². The van der Waals surface area contributed by atoms with Crippen LogP contribution in [0.4, 0.5) is 8.78 Å². The topological polar surface area (TPSA) is 12.0 Å². The second kappa shape index (κ2) is 5.98. The zero-order valence-electron chi connectivity index (χ0n) is 9.91. The standard InChI is InChI=1S/C14H13F2NS/c1-17-9-10-8-11(15)6-7-13(10)18-14-5-3-2-4-12(14)16/h2-8,17H,9H2,1H3. The zero-order chi connectivity index (χ0) is 13.0. The molecular weight excluding hydrogens is 252 g/mol. The molecular formula is C14H13F2NS. The summed E-state index contributed by atoms with van der Waals surface area (Å²) in [6.45, 7) is 0.550. The lowest BCUT2D eigenvalue weighted by Crippen LogP contribution is -2.06. The Kier molecular flexibility index (Phi) is 4.33. The predicted molar refractivity (Wildman–Crippen MR) is 69.7 cm³/mol. The lowest BCUT2D eigenvalue weighted by molar-refractivity contribution is 0.602. The molecule has 0 amide bonds. The molecule has 18 heavy (non-hydrogen) atoms. The van der Waals surface area contributed by atoms with E-state index in [1.165, 1.54) is 30.0 Å². The van der Waals surface area contributed by atoms with E-state index in [4.69, 9.17) is 0 Å². The molecule has 0 atom stereocenters. The van der Waals surface area contributed by atoms with E-state index < -0.39 is 0 Å².